The molecule has 0 bridgehead atoms. The summed E-state index contributed by atoms with van der Waals surface area (Å²) in [4.78, 5) is 2.34. The molecule has 1 aliphatic rings. The summed E-state index contributed by atoms with van der Waals surface area (Å²) in [6.07, 6.45) is 0.866. The summed E-state index contributed by atoms with van der Waals surface area (Å²) >= 11 is 0. The van der Waals surface area contributed by atoms with Gasteiger partial charge in [-0.2, -0.15) is 0 Å². The van der Waals surface area contributed by atoms with E-state index in [2.05, 4.69) is 22.1 Å². The Morgan fingerprint density at radius 3 is 2.46 bits per heavy atom. The molecule has 7 heteroatoms. The highest BCUT2D eigenvalue weighted by Gasteiger charge is 2.36. The van der Waals surface area contributed by atoms with Crippen LogP contribution >= 0.6 is 7.75 Å². The Labute approximate surface area is 145 Å². The highest BCUT2D eigenvalue weighted by Crippen LogP contribution is 2.44. The fourth-order valence-electron chi connectivity index (χ4n) is 3.04. The zero-order chi connectivity index (χ0) is 17.4. The predicted octanol–water partition coefficient (Wildman–Crippen LogP) is 3.05. The maximum Gasteiger partial charge on any atom is 0.405 e. The maximum atomic E-state index is 12.8. The molecule has 1 heterocycles. The topological polar surface area (TPSA) is 60.0 Å². The van der Waals surface area contributed by atoms with E-state index >= 15 is 0 Å². The molecule has 1 aliphatic heterocycles. The number of nitrogens with one attached hydrogen (secondary N) is 1. The molecule has 0 spiro atoms. The van der Waals surface area contributed by atoms with Crippen molar-refractivity contribution in [2.45, 2.75) is 39.0 Å². The Morgan fingerprint density at radius 1 is 1.21 bits per heavy atom. The van der Waals surface area contributed by atoms with Crippen LogP contribution in [0.3, 0.4) is 0 Å². The van der Waals surface area contributed by atoms with E-state index in [1.54, 1.807) is 7.11 Å². The predicted molar refractivity (Wildman–Crippen MR) is 94.9 cm³/mol. The van der Waals surface area contributed by atoms with E-state index in [1.165, 1.54) is 5.56 Å². The van der Waals surface area contributed by atoms with Crippen molar-refractivity contribution in [2.24, 2.45) is 0 Å². The second kappa shape index (κ2) is 9.66. The number of ether oxygens (including phenoxy) is 1. The molecule has 2 atom stereocenters. The van der Waals surface area contributed by atoms with Crippen LogP contribution in [0.2, 0.25) is 0 Å². The monoisotopic (exact) mass is 356 g/mol. The average molecular weight is 356 g/mol. The smallest absolute Gasteiger partial charge is 0.380 e. The van der Waals surface area contributed by atoms with Crippen molar-refractivity contribution >= 4 is 7.75 Å². The number of methoxy groups -OCH3 is 1. The highest BCUT2D eigenvalue weighted by molar-refractivity contribution is 7.51. The van der Waals surface area contributed by atoms with Crippen LogP contribution in [0.25, 0.3) is 0 Å². The number of piperidine rings is 1. The number of rotatable bonds is 9. The summed E-state index contributed by atoms with van der Waals surface area (Å²) in [5.41, 5.74) is 1.27. The molecule has 2 unspecified atom stereocenters. The second-order valence-corrected chi connectivity index (χ2v) is 7.62. The van der Waals surface area contributed by atoms with Crippen molar-refractivity contribution in [3.05, 3.63) is 35.9 Å². The molecular formula is C17H29N2O4P. The lowest BCUT2D eigenvalue weighted by Crippen LogP contribution is -2.53. The van der Waals surface area contributed by atoms with Crippen molar-refractivity contribution in [3.8, 4) is 0 Å². The van der Waals surface area contributed by atoms with Gasteiger partial charge in [-0.05, 0) is 25.8 Å². The van der Waals surface area contributed by atoms with Gasteiger partial charge in [-0.3, -0.25) is 13.9 Å². The van der Waals surface area contributed by atoms with Crippen LogP contribution in [0.1, 0.15) is 25.8 Å². The van der Waals surface area contributed by atoms with Gasteiger partial charge in [0.05, 0.1) is 25.4 Å². The van der Waals surface area contributed by atoms with Crippen LogP contribution in [-0.4, -0.2) is 50.5 Å². The van der Waals surface area contributed by atoms with Crippen LogP contribution in [0, 0.1) is 0 Å². The van der Waals surface area contributed by atoms with E-state index in [4.69, 9.17) is 13.8 Å². The van der Waals surface area contributed by atoms with Gasteiger partial charge in [0.25, 0.3) is 0 Å². The van der Waals surface area contributed by atoms with Gasteiger partial charge in [-0.15, -0.1) is 0 Å². The molecule has 1 aromatic carbocycles. The molecule has 1 N–H and O–H groups in total. The third kappa shape index (κ3) is 5.66. The molecule has 0 amide bonds. The molecule has 1 fully saturated rings. The van der Waals surface area contributed by atoms with Crippen LogP contribution < -0.4 is 5.09 Å². The van der Waals surface area contributed by atoms with Crippen molar-refractivity contribution < 1.29 is 18.3 Å². The number of nitrogens with zero attached hydrogens (tertiary/aromatic N) is 1. The minimum Gasteiger partial charge on any atom is -0.380 e. The van der Waals surface area contributed by atoms with E-state index in [-0.39, 0.29) is 12.1 Å². The van der Waals surface area contributed by atoms with Crippen LogP contribution in [0.15, 0.2) is 30.3 Å². The van der Waals surface area contributed by atoms with Gasteiger partial charge >= 0.3 is 7.75 Å². The lowest BCUT2D eigenvalue weighted by atomic mass is 10.0. The zero-order valence-electron chi connectivity index (χ0n) is 14.8. The molecule has 0 aromatic heterocycles. The minimum atomic E-state index is -3.30. The molecular weight excluding hydrogens is 327 g/mol. The van der Waals surface area contributed by atoms with Gasteiger partial charge in [0, 0.05) is 26.7 Å². The number of hydrogen-bond acceptors (Lipinski definition) is 5. The van der Waals surface area contributed by atoms with E-state index < -0.39 is 7.75 Å². The molecule has 6 nitrogen and oxygen atoms in total. The minimum absolute atomic E-state index is 0.00809. The summed E-state index contributed by atoms with van der Waals surface area (Å²) in [5, 5.41) is 3.10. The van der Waals surface area contributed by atoms with Gasteiger partial charge < -0.3 is 4.74 Å². The largest absolute Gasteiger partial charge is 0.405 e. The standard InChI is InChI=1S/C17H29N2O4P/c1-4-22-24(20,23-5-2)18-16-14-19(12-11-17(16)21-3)13-15-9-7-6-8-10-15/h6-10,16-17H,4-5,11-14H2,1-3H3,(H,18,20). The molecule has 1 aromatic rings. The average Bonchev–Trinajstić information content (AvgIpc) is 2.56. The van der Waals surface area contributed by atoms with E-state index in [9.17, 15) is 4.57 Å². The van der Waals surface area contributed by atoms with E-state index in [0.29, 0.717) is 13.2 Å². The molecule has 24 heavy (non-hydrogen) atoms. The molecule has 136 valence electrons. The van der Waals surface area contributed by atoms with E-state index in [0.717, 1.165) is 26.1 Å². The summed E-state index contributed by atoms with van der Waals surface area (Å²) < 4.78 is 29.1. The SMILES string of the molecule is CCOP(=O)(NC1CN(Cc2ccccc2)CCC1OC)OCC. The molecule has 0 aliphatic carbocycles. The summed E-state index contributed by atoms with van der Waals surface area (Å²) in [7, 11) is -1.61. The quantitative estimate of drug-likeness (QED) is 0.686. The Kier molecular flexibility index (Phi) is 7.88. The zero-order valence-corrected chi connectivity index (χ0v) is 15.7. The number of hydrogen-bond donors (Lipinski definition) is 1. The fourth-order valence-corrected chi connectivity index (χ4v) is 4.60. The fraction of sp³-hybridized carbons (Fsp3) is 0.647. The second-order valence-electron chi connectivity index (χ2n) is 5.85. The first-order valence-corrected chi connectivity index (χ1v) is 10.1. The maximum absolute atomic E-state index is 12.8. The first-order chi connectivity index (χ1) is 11.6. The highest BCUT2D eigenvalue weighted by atomic mass is 31.2. The van der Waals surface area contributed by atoms with Crippen LogP contribution in [0.4, 0.5) is 0 Å². The Morgan fingerprint density at radius 2 is 1.88 bits per heavy atom. The Balaban J connectivity index is 2.03. The van der Waals surface area contributed by atoms with Crippen molar-refractivity contribution in [1.29, 1.82) is 0 Å². The van der Waals surface area contributed by atoms with Crippen LogP contribution in [0.5, 0.6) is 0 Å². The van der Waals surface area contributed by atoms with Gasteiger partial charge in [0.15, 0.2) is 0 Å². The molecule has 1 saturated heterocycles. The molecule has 0 radical (unpaired) electrons. The first kappa shape index (κ1) is 19.6. The van der Waals surface area contributed by atoms with Crippen molar-refractivity contribution in [2.75, 3.05) is 33.4 Å². The van der Waals surface area contributed by atoms with Crippen LogP contribution in [-0.2, 0) is 24.9 Å². The number of likely N-dealkylation sites (tertiary alicyclic amines) is 1. The van der Waals surface area contributed by atoms with Gasteiger partial charge in [-0.1, -0.05) is 30.3 Å². The third-order valence-electron chi connectivity index (χ3n) is 4.11. The summed E-state index contributed by atoms with van der Waals surface area (Å²) in [6.45, 7) is 6.83. The van der Waals surface area contributed by atoms with Gasteiger partial charge in [-0.25, -0.2) is 9.65 Å². The summed E-state index contributed by atoms with van der Waals surface area (Å²) in [5.74, 6) is 0. The Hall–Kier alpha value is -0.750. The summed E-state index contributed by atoms with van der Waals surface area (Å²) in [6, 6.07) is 10.3. The Bertz CT molecular complexity index is 519. The molecule has 0 saturated carbocycles. The lowest BCUT2D eigenvalue weighted by molar-refractivity contribution is 0.0135. The van der Waals surface area contributed by atoms with Gasteiger partial charge in [0.1, 0.15) is 0 Å². The normalized spacial score (nSPS) is 22.6. The van der Waals surface area contributed by atoms with Crippen molar-refractivity contribution in [1.82, 2.24) is 9.99 Å². The lowest BCUT2D eigenvalue weighted by Gasteiger charge is -2.39. The molecule has 2 rings (SSSR count). The first-order valence-electron chi connectivity index (χ1n) is 8.56. The number of benzene rings is 1. The van der Waals surface area contributed by atoms with Crippen molar-refractivity contribution in [3.63, 3.8) is 0 Å². The third-order valence-corrected chi connectivity index (χ3v) is 5.95. The van der Waals surface area contributed by atoms with Gasteiger partial charge in [0.2, 0.25) is 0 Å². The van der Waals surface area contributed by atoms with E-state index in [1.807, 2.05) is 32.0 Å².